The second-order valence-corrected chi connectivity index (χ2v) is 6.67. The first-order valence-electron chi connectivity index (χ1n) is 8.66. The molecule has 4 rings (SSSR count). The summed E-state index contributed by atoms with van der Waals surface area (Å²) >= 11 is 0. The van der Waals surface area contributed by atoms with E-state index >= 15 is 0 Å². The van der Waals surface area contributed by atoms with Crippen LogP contribution < -0.4 is 10.9 Å². The van der Waals surface area contributed by atoms with Crippen molar-refractivity contribution in [2.75, 3.05) is 0 Å². The molecule has 2 heterocycles. The zero-order valence-electron chi connectivity index (χ0n) is 14.4. The lowest BCUT2D eigenvalue weighted by Gasteiger charge is -2.26. The van der Waals surface area contributed by atoms with Crippen molar-refractivity contribution in [1.29, 1.82) is 0 Å². The zero-order chi connectivity index (χ0) is 18.3. The molecule has 3 aromatic rings. The van der Waals surface area contributed by atoms with Crippen molar-refractivity contribution in [2.24, 2.45) is 0 Å². The van der Waals surface area contributed by atoms with Gasteiger partial charge >= 0.3 is 0 Å². The molecule has 2 aromatic heterocycles. The minimum absolute atomic E-state index is 0.0548. The van der Waals surface area contributed by atoms with Crippen molar-refractivity contribution < 1.29 is 9.18 Å². The number of aryl methyl sites for hydroxylation is 2. The first kappa shape index (κ1) is 16.5. The van der Waals surface area contributed by atoms with Crippen molar-refractivity contribution in [2.45, 2.75) is 38.6 Å². The fourth-order valence-electron chi connectivity index (χ4n) is 3.64. The molecule has 0 unspecified atom stereocenters. The largest absolute Gasteiger partial charge is 0.349 e. The predicted octanol–water partition coefficient (Wildman–Crippen LogP) is 2.21. The molecule has 7 heteroatoms. The Labute approximate surface area is 149 Å². The van der Waals surface area contributed by atoms with Gasteiger partial charge in [-0.05, 0) is 49.4 Å². The molecule has 6 nitrogen and oxygen atoms in total. The van der Waals surface area contributed by atoms with Crippen LogP contribution in [0, 0.1) is 12.7 Å². The van der Waals surface area contributed by atoms with Crippen LogP contribution >= 0.6 is 0 Å². The summed E-state index contributed by atoms with van der Waals surface area (Å²) < 4.78 is 14.9. The van der Waals surface area contributed by atoms with Crippen LogP contribution in [-0.2, 0) is 17.6 Å². The Morgan fingerprint density at radius 3 is 3.12 bits per heavy atom. The third-order valence-electron chi connectivity index (χ3n) is 4.94. The molecular formula is C19H19FN4O2. The molecular weight excluding hydrogens is 335 g/mol. The van der Waals surface area contributed by atoms with Crippen LogP contribution in [0.3, 0.4) is 0 Å². The fraction of sp³-hybridized carbons (Fsp3) is 0.316. The van der Waals surface area contributed by atoms with Crippen LogP contribution in [0.15, 0.2) is 35.3 Å². The third-order valence-corrected chi connectivity index (χ3v) is 4.94. The summed E-state index contributed by atoms with van der Waals surface area (Å²) in [5, 5.41) is 5.75. The number of aromatic nitrogens is 3. The third kappa shape index (κ3) is 2.89. The van der Waals surface area contributed by atoms with Gasteiger partial charge in [-0.25, -0.2) is 13.9 Å². The van der Waals surface area contributed by atoms with Gasteiger partial charge in [-0.3, -0.25) is 14.7 Å². The van der Waals surface area contributed by atoms with Crippen molar-refractivity contribution >= 4 is 11.6 Å². The second kappa shape index (κ2) is 6.40. The van der Waals surface area contributed by atoms with Crippen LogP contribution in [0.5, 0.6) is 0 Å². The fourth-order valence-corrected chi connectivity index (χ4v) is 3.64. The molecule has 0 aliphatic heterocycles. The van der Waals surface area contributed by atoms with Gasteiger partial charge in [0.1, 0.15) is 5.82 Å². The standard InChI is InChI=1S/C19H19FN4O2/c1-11-14(19(26)24-17(22-11)7-8-21-24)10-18(25)23-16-4-2-3-12-5-6-13(20)9-15(12)16/h5-9,16,21H,2-4,10H2,1H3,(H,23,25)/t16-/m1/s1. The van der Waals surface area contributed by atoms with Crippen LogP contribution in [0.25, 0.3) is 5.65 Å². The smallest absolute Gasteiger partial charge is 0.276 e. The monoisotopic (exact) mass is 354 g/mol. The molecule has 0 bridgehead atoms. The summed E-state index contributed by atoms with van der Waals surface area (Å²) in [7, 11) is 0. The summed E-state index contributed by atoms with van der Waals surface area (Å²) in [6.07, 6.45) is 4.15. The number of nitrogens with zero attached hydrogens (tertiary/aromatic N) is 2. The Hall–Kier alpha value is -2.96. The average Bonchev–Trinajstić information content (AvgIpc) is 3.07. The number of amides is 1. The lowest BCUT2D eigenvalue weighted by atomic mass is 9.87. The topological polar surface area (TPSA) is 79.3 Å². The second-order valence-electron chi connectivity index (χ2n) is 6.67. The van der Waals surface area contributed by atoms with Gasteiger partial charge < -0.3 is 5.32 Å². The first-order chi connectivity index (χ1) is 12.5. The predicted molar refractivity (Wildman–Crippen MR) is 94.5 cm³/mol. The highest BCUT2D eigenvalue weighted by Crippen LogP contribution is 2.30. The number of carbonyl (C=O) groups excluding carboxylic acids is 1. The van der Waals surface area contributed by atoms with E-state index in [0.717, 1.165) is 30.4 Å². The highest BCUT2D eigenvalue weighted by molar-refractivity contribution is 5.79. The van der Waals surface area contributed by atoms with Crippen molar-refractivity contribution in [1.82, 2.24) is 19.9 Å². The van der Waals surface area contributed by atoms with Crippen LogP contribution in [0.2, 0.25) is 0 Å². The molecule has 26 heavy (non-hydrogen) atoms. The van der Waals surface area contributed by atoms with Gasteiger partial charge in [0.2, 0.25) is 5.91 Å². The maximum absolute atomic E-state index is 13.6. The van der Waals surface area contributed by atoms with E-state index in [1.807, 2.05) is 0 Å². The van der Waals surface area contributed by atoms with E-state index in [4.69, 9.17) is 0 Å². The molecule has 1 aliphatic carbocycles. The zero-order valence-corrected chi connectivity index (χ0v) is 14.4. The van der Waals surface area contributed by atoms with Gasteiger partial charge in [-0.2, -0.15) is 0 Å². The van der Waals surface area contributed by atoms with Crippen LogP contribution in [-0.4, -0.2) is 20.5 Å². The van der Waals surface area contributed by atoms with E-state index in [2.05, 4.69) is 15.4 Å². The maximum atomic E-state index is 13.6. The molecule has 0 fully saturated rings. The van der Waals surface area contributed by atoms with Gasteiger partial charge in [-0.1, -0.05) is 6.07 Å². The molecule has 0 saturated carbocycles. The number of nitrogens with one attached hydrogen (secondary N) is 2. The minimum atomic E-state index is -0.305. The Morgan fingerprint density at radius 1 is 1.42 bits per heavy atom. The highest BCUT2D eigenvalue weighted by atomic mass is 19.1. The van der Waals surface area contributed by atoms with Gasteiger partial charge in [0.25, 0.3) is 5.56 Å². The summed E-state index contributed by atoms with van der Waals surface area (Å²) in [5.74, 6) is -0.569. The van der Waals surface area contributed by atoms with Gasteiger partial charge in [-0.15, -0.1) is 0 Å². The summed E-state index contributed by atoms with van der Waals surface area (Å²) in [5.41, 5.74) is 3.04. The Bertz CT molecular complexity index is 1050. The lowest BCUT2D eigenvalue weighted by Crippen LogP contribution is -2.34. The number of H-pyrrole nitrogens is 1. The molecule has 1 atom stereocenters. The molecule has 0 radical (unpaired) electrons. The quantitative estimate of drug-likeness (QED) is 0.757. The average molecular weight is 354 g/mol. The number of carbonyl (C=O) groups is 1. The van der Waals surface area contributed by atoms with E-state index < -0.39 is 0 Å². The summed E-state index contributed by atoms with van der Waals surface area (Å²) in [6, 6.07) is 6.19. The molecule has 2 N–H and O–H groups in total. The molecule has 0 saturated heterocycles. The molecule has 134 valence electrons. The summed E-state index contributed by atoms with van der Waals surface area (Å²) in [4.78, 5) is 29.5. The van der Waals surface area contributed by atoms with E-state index in [9.17, 15) is 14.0 Å². The Kier molecular flexibility index (Phi) is 4.06. The van der Waals surface area contributed by atoms with Crippen LogP contribution in [0.1, 0.15) is 41.3 Å². The molecule has 1 aromatic carbocycles. The van der Waals surface area contributed by atoms with E-state index in [1.165, 1.54) is 16.6 Å². The number of fused-ring (bicyclic) bond motifs is 2. The summed E-state index contributed by atoms with van der Waals surface area (Å²) in [6.45, 7) is 1.72. The first-order valence-corrected chi connectivity index (χ1v) is 8.66. The number of hydrogen-bond donors (Lipinski definition) is 2. The van der Waals surface area contributed by atoms with E-state index in [0.29, 0.717) is 16.9 Å². The van der Waals surface area contributed by atoms with Gasteiger partial charge in [0.15, 0.2) is 5.65 Å². The Balaban J connectivity index is 1.58. The normalized spacial score (nSPS) is 16.5. The lowest BCUT2D eigenvalue weighted by molar-refractivity contribution is -0.121. The number of hydrogen-bond acceptors (Lipinski definition) is 3. The Morgan fingerprint density at radius 2 is 2.27 bits per heavy atom. The van der Waals surface area contributed by atoms with Crippen molar-refractivity contribution in [3.8, 4) is 0 Å². The molecule has 1 amide bonds. The molecule has 0 spiro atoms. The number of halogens is 1. The van der Waals surface area contributed by atoms with Gasteiger partial charge in [0, 0.05) is 23.5 Å². The van der Waals surface area contributed by atoms with E-state index in [1.54, 1.807) is 25.3 Å². The van der Waals surface area contributed by atoms with Crippen molar-refractivity contribution in [3.63, 3.8) is 0 Å². The van der Waals surface area contributed by atoms with Gasteiger partial charge in [0.05, 0.1) is 12.5 Å². The SMILES string of the molecule is Cc1nc2cc[nH]n2c(=O)c1CC(=O)N[C@@H]1CCCc2ccc(F)cc21. The van der Waals surface area contributed by atoms with Crippen molar-refractivity contribution in [3.05, 3.63) is 69.0 Å². The number of aromatic amines is 1. The van der Waals surface area contributed by atoms with Crippen LogP contribution in [0.4, 0.5) is 4.39 Å². The molecule has 1 aliphatic rings. The maximum Gasteiger partial charge on any atom is 0.276 e. The minimum Gasteiger partial charge on any atom is -0.349 e. The number of benzene rings is 1. The highest BCUT2D eigenvalue weighted by Gasteiger charge is 2.23. The number of rotatable bonds is 3. The van der Waals surface area contributed by atoms with E-state index in [-0.39, 0.29) is 29.7 Å².